The molecule has 1 heterocycles. The standard InChI is InChI=1S/C20H19NO3S2/c1-12-6-5-7-13(2)18(12)21-19(22)17(26-20(21)25)10-14-8-9-15(23-3)11-16(14)24-4/h5-11H,1-4H3/b17-10-. The van der Waals surface area contributed by atoms with Crippen molar-refractivity contribution in [3.63, 3.8) is 0 Å². The second-order valence-corrected chi connectivity index (χ2v) is 7.54. The van der Waals surface area contributed by atoms with Gasteiger partial charge in [0, 0.05) is 11.6 Å². The molecule has 1 saturated heterocycles. The lowest BCUT2D eigenvalue weighted by Crippen LogP contribution is -2.29. The first kappa shape index (κ1) is 18.5. The maximum Gasteiger partial charge on any atom is 0.270 e. The van der Waals surface area contributed by atoms with E-state index in [1.165, 1.54) is 11.8 Å². The van der Waals surface area contributed by atoms with E-state index in [1.807, 2.05) is 50.3 Å². The van der Waals surface area contributed by atoms with E-state index in [9.17, 15) is 4.79 Å². The van der Waals surface area contributed by atoms with Crippen molar-refractivity contribution in [1.82, 2.24) is 0 Å². The number of amides is 1. The normalized spacial score (nSPS) is 15.7. The van der Waals surface area contributed by atoms with Crippen LogP contribution in [0.5, 0.6) is 11.5 Å². The van der Waals surface area contributed by atoms with E-state index in [0.29, 0.717) is 20.7 Å². The lowest BCUT2D eigenvalue weighted by molar-refractivity contribution is -0.113. The maximum absolute atomic E-state index is 13.0. The Hall–Kier alpha value is -2.31. The molecule has 4 nitrogen and oxygen atoms in total. The molecule has 0 bridgehead atoms. The fourth-order valence-corrected chi connectivity index (χ4v) is 4.16. The Bertz CT molecular complexity index is 901. The Balaban J connectivity index is 2.01. The summed E-state index contributed by atoms with van der Waals surface area (Å²) < 4.78 is 11.2. The molecular weight excluding hydrogens is 366 g/mol. The largest absolute Gasteiger partial charge is 0.497 e. The highest BCUT2D eigenvalue weighted by Gasteiger charge is 2.35. The molecule has 0 radical (unpaired) electrons. The van der Waals surface area contributed by atoms with Gasteiger partial charge in [-0.25, -0.2) is 0 Å². The van der Waals surface area contributed by atoms with Gasteiger partial charge in [-0.1, -0.05) is 42.2 Å². The molecule has 1 fully saturated rings. The van der Waals surface area contributed by atoms with Gasteiger partial charge < -0.3 is 9.47 Å². The van der Waals surface area contributed by atoms with E-state index in [1.54, 1.807) is 25.2 Å². The first-order valence-electron chi connectivity index (χ1n) is 8.02. The molecule has 0 saturated carbocycles. The summed E-state index contributed by atoms with van der Waals surface area (Å²) in [4.78, 5) is 15.2. The summed E-state index contributed by atoms with van der Waals surface area (Å²) in [6, 6.07) is 11.4. The molecule has 1 aliphatic rings. The topological polar surface area (TPSA) is 38.8 Å². The average Bonchev–Trinajstić information content (AvgIpc) is 2.89. The molecular formula is C20H19NO3S2. The predicted octanol–water partition coefficient (Wildman–Crippen LogP) is 4.73. The zero-order valence-electron chi connectivity index (χ0n) is 15.0. The number of para-hydroxylation sites is 1. The number of methoxy groups -OCH3 is 2. The van der Waals surface area contributed by atoms with Gasteiger partial charge in [-0.2, -0.15) is 0 Å². The van der Waals surface area contributed by atoms with Gasteiger partial charge in [0.05, 0.1) is 24.8 Å². The highest BCUT2D eigenvalue weighted by molar-refractivity contribution is 8.27. The molecule has 0 atom stereocenters. The van der Waals surface area contributed by atoms with Crippen LogP contribution in [0.2, 0.25) is 0 Å². The molecule has 3 rings (SSSR count). The van der Waals surface area contributed by atoms with Crippen molar-refractivity contribution in [3.05, 3.63) is 58.0 Å². The minimum Gasteiger partial charge on any atom is -0.497 e. The molecule has 0 aromatic heterocycles. The molecule has 2 aromatic rings. The van der Waals surface area contributed by atoms with Crippen molar-refractivity contribution >= 4 is 46.0 Å². The number of nitrogens with zero attached hydrogens (tertiary/aromatic N) is 1. The molecule has 1 aliphatic heterocycles. The van der Waals surface area contributed by atoms with Gasteiger partial charge >= 0.3 is 0 Å². The van der Waals surface area contributed by atoms with Crippen molar-refractivity contribution < 1.29 is 14.3 Å². The van der Waals surface area contributed by atoms with Crippen LogP contribution in [-0.4, -0.2) is 24.4 Å². The maximum atomic E-state index is 13.0. The van der Waals surface area contributed by atoms with E-state index in [0.717, 1.165) is 22.4 Å². The highest BCUT2D eigenvalue weighted by atomic mass is 32.2. The number of carbonyl (C=O) groups is 1. The van der Waals surface area contributed by atoms with Crippen molar-refractivity contribution in [2.24, 2.45) is 0 Å². The number of ether oxygens (including phenoxy) is 2. The van der Waals surface area contributed by atoms with Gasteiger partial charge in [0.2, 0.25) is 0 Å². The van der Waals surface area contributed by atoms with Crippen molar-refractivity contribution in [1.29, 1.82) is 0 Å². The van der Waals surface area contributed by atoms with Crippen LogP contribution in [0.15, 0.2) is 41.3 Å². The number of thioether (sulfide) groups is 1. The van der Waals surface area contributed by atoms with Gasteiger partial charge in [-0.05, 0) is 43.2 Å². The van der Waals surface area contributed by atoms with Crippen molar-refractivity contribution in [2.75, 3.05) is 19.1 Å². The molecule has 26 heavy (non-hydrogen) atoms. The summed E-state index contributed by atoms with van der Waals surface area (Å²) in [7, 11) is 3.19. The van der Waals surface area contributed by atoms with Crippen LogP contribution < -0.4 is 14.4 Å². The average molecular weight is 386 g/mol. The molecule has 0 N–H and O–H groups in total. The van der Waals surface area contributed by atoms with Gasteiger partial charge in [0.15, 0.2) is 4.32 Å². The Morgan fingerprint density at radius 3 is 2.38 bits per heavy atom. The van der Waals surface area contributed by atoms with Crippen LogP contribution in [-0.2, 0) is 4.79 Å². The third-order valence-electron chi connectivity index (χ3n) is 4.18. The minimum absolute atomic E-state index is 0.115. The summed E-state index contributed by atoms with van der Waals surface area (Å²) in [6.45, 7) is 3.97. The Kier molecular flexibility index (Phi) is 5.34. The third-order valence-corrected chi connectivity index (χ3v) is 5.49. The Labute approximate surface area is 162 Å². The molecule has 1 amide bonds. The van der Waals surface area contributed by atoms with Crippen LogP contribution in [0.1, 0.15) is 16.7 Å². The van der Waals surface area contributed by atoms with E-state index in [4.69, 9.17) is 21.7 Å². The molecule has 134 valence electrons. The molecule has 0 aliphatic carbocycles. The lowest BCUT2D eigenvalue weighted by Gasteiger charge is -2.19. The zero-order chi connectivity index (χ0) is 18.8. The number of benzene rings is 2. The van der Waals surface area contributed by atoms with Crippen LogP contribution in [0.25, 0.3) is 6.08 Å². The van der Waals surface area contributed by atoms with Gasteiger partial charge in [-0.15, -0.1) is 0 Å². The Morgan fingerprint density at radius 2 is 1.77 bits per heavy atom. The van der Waals surface area contributed by atoms with Crippen molar-refractivity contribution in [2.45, 2.75) is 13.8 Å². The number of carbonyl (C=O) groups excluding carboxylic acids is 1. The van der Waals surface area contributed by atoms with Gasteiger partial charge in [0.1, 0.15) is 11.5 Å². The second kappa shape index (κ2) is 7.51. The summed E-state index contributed by atoms with van der Waals surface area (Å²) in [5.74, 6) is 1.22. The molecule has 0 unspecified atom stereocenters. The minimum atomic E-state index is -0.115. The molecule has 0 spiro atoms. The van der Waals surface area contributed by atoms with E-state index in [2.05, 4.69) is 0 Å². The zero-order valence-corrected chi connectivity index (χ0v) is 16.7. The predicted molar refractivity (Wildman–Crippen MR) is 111 cm³/mol. The molecule has 2 aromatic carbocycles. The second-order valence-electron chi connectivity index (χ2n) is 5.87. The SMILES string of the molecule is COc1ccc(/C=C2\SC(=S)N(c3c(C)cccc3C)C2=O)c(OC)c1. The van der Waals surface area contributed by atoms with E-state index >= 15 is 0 Å². The summed E-state index contributed by atoms with van der Waals surface area (Å²) in [5, 5.41) is 0. The Morgan fingerprint density at radius 1 is 1.08 bits per heavy atom. The first-order valence-corrected chi connectivity index (χ1v) is 9.25. The van der Waals surface area contributed by atoms with Crippen LogP contribution in [0.3, 0.4) is 0 Å². The van der Waals surface area contributed by atoms with Crippen LogP contribution in [0, 0.1) is 13.8 Å². The van der Waals surface area contributed by atoms with Gasteiger partial charge in [-0.3, -0.25) is 9.69 Å². The number of rotatable bonds is 4. The monoisotopic (exact) mass is 385 g/mol. The van der Waals surface area contributed by atoms with E-state index < -0.39 is 0 Å². The smallest absolute Gasteiger partial charge is 0.270 e. The summed E-state index contributed by atoms with van der Waals surface area (Å²) >= 11 is 6.79. The third kappa shape index (κ3) is 3.34. The first-order chi connectivity index (χ1) is 12.5. The number of hydrogen-bond donors (Lipinski definition) is 0. The van der Waals surface area contributed by atoms with E-state index in [-0.39, 0.29) is 5.91 Å². The van der Waals surface area contributed by atoms with Crippen LogP contribution >= 0.6 is 24.0 Å². The fourth-order valence-electron chi connectivity index (χ4n) is 2.90. The van der Waals surface area contributed by atoms with Gasteiger partial charge in [0.25, 0.3) is 5.91 Å². The molecule has 6 heteroatoms. The number of hydrogen-bond acceptors (Lipinski definition) is 5. The van der Waals surface area contributed by atoms with Crippen molar-refractivity contribution in [3.8, 4) is 11.5 Å². The quantitative estimate of drug-likeness (QED) is 0.562. The fraction of sp³-hybridized carbons (Fsp3) is 0.200. The lowest BCUT2D eigenvalue weighted by atomic mass is 10.1. The van der Waals surface area contributed by atoms with Crippen LogP contribution in [0.4, 0.5) is 5.69 Å². The number of anilines is 1. The highest BCUT2D eigenvalue weighted by Crippen LogP contribution is 2.39. The summed E-state index contributed by atoms with van der Waals surface area (Å²) in [5.41, 5.74) is 3.70. The summed E-state index contributed by atoms with van der Waals surface area (Å²) in [6.07, 6.45) is 1.81. The number of thiocarbonyl (C=S) groups is 1. The number of aryl methyl sites for hydroxylation is 2.